The molecule has 5 nitrogen and oxygen atoms in total. The Hall–Kier alpha value is -1.69. The number of piperidine rings is 1. The van der Waals surface area contributed by atoms with Crippen LogP contribution in [-0.2, 0) is 9.59 Å². The van der Waals surface area contributed by atoms with Crippen LogP contribution in [0.15, 0.2) is 30.3 Å². The van der Waals surface area contributed by atoms with E-state index in [1.165, 1.54) is 6.42 Å². The summed E-state index contributed by atoms with van der Waals surface area (Å²) in [5.74, 6) is 2.34. The van der Waals surface area contributed by atoms with Gasteiger partial charge >= 0.3 is 0 Å². The quantitative estimate of drug-likeness (QED) is 0.813. The number of carbonyl (C=O) groups is 2. The van der Waals surface area contributed by atoms with Crippen molar-refractivity contribution in [3.05, 3.63) is 30.3 Å². The normalized spacial score (nSPS) is 22.3. The number of amides is 2. The van der Waals surface area contributed by atoms with Crippen LogP contribution in [0, 0.1) is 5.92 Å². The van der Waals surface area contributed by atoms with E-state index in [1.807, 2.05) is 51.9 Å². The molecule has 26 heavy (non-hydrogen) atoms. The zero-order valence-corrected chi connectivity index (χ0v) is 15.9. The zero-order chi connectivity index (χ0) is 18.0. The van der Waals surface area contributed by atoms with E-state index in [0.29, 0.717) is 5.91 Å². The predicted molar refractivity (Wildman–Crippen MR) is 102 cm³/mol. The Labute approximate surface area is 159 Å². The Bertz CT molecular complexity index is 654. The summed E-state index contributed by atoms with van der Waals surface area (Å²) in [5, 5.41) is 0. The predicted octanol–water partition coefficient (Wildman–Crippen LogP) is 2.76. The van der Waals surface area contributed by atoms with Crippen LogP contribution in [0.25, 0.3) is 0 Å². The number of para-hydroxylation sites is 1. The lowest BCUT2D eigenvalue weighted by Gasteiger charge is -2.45. The van der Waals surface area contributed by atoms with Gasteiger partial charge in [-0.3, -0.25) is 9.59 Å². The summed E-state index contributed by atoms with van der Waals surface area (Å²) in [6.07, 6.45) is 5.03. The number of ether oxygens (including phenoxy) is 1. The molecule has 0 unspecified atom stereocenters. The smallest absolute Gasteiger partial charge is 0.261 e. The van der Waals surface area contributed by atoms with Crippen LogP contribution in [0.5, 0.6) is 5.75 Å². The molecule has 0 atom stereocenters. The van der Waals surface area contributed by atoms with Crippen LogP contribution in [0.3, 0.4) is 0 Å². The largest absolute Gasteiger partial charge is 0.484 e. The minimum Gasteiger partial charge on any atom is -0.484 e. The summed E-state index contributed by atoms with van der Waals surface area (Å²) in [4.78, 5) is 29.1. The maximum absolute atomic E-state index is 12.8. The lowest BCUT2D eigenvalue weighted by atomic mass is 9.84. The third kappa shape index (κ3) is 3.43. The van der Waals surface area contributed by atoms with Crippen molar-refractivity contribution in [1.82, 2.24) is 9.80 Å². The fourth-order valence-corrected chi connectivity index (χ4v) is 5.58. The third-order valence-corrected chi connectivity index (χ3v) is 7.45. The molecule has 1 aliphatic carbocycles. The Morgan fingerprint density at radius 1 is 1.12 bits per heavy atom. The molecule has 1 aromatic carbocycles. The van der Waals surface area contributed by atoms with E-state index >= 15 is 0 Å². The molecule has 2 amide bonds. The molecule has 3 fully saturated rings. The van der Waals surface area contributed by atoms with E-state index in [4.69, 9.17) is 4.74 Å². The highest BCUT2D eigenvalue weighted by molar-refractivity contribution is 8.00. The highest BCUT2D eigenvalue weighted by atomic mass is 32.2. The van der Waals surface area contributed by atoms with Crippen molar-refractivity contribution >= 4 is 23.6 Å². The molecule has 3 aliphatic rings. The number of hydrogen-bond acceptors (Lipinski definition) is 4. The Kier molecular flexibility index (Phi) is 5.11. The van der Waals surface area contributed by atoms with Gasteiger partial charge in [-0.15, -0.1) is 11.8 Å². The van der Waals surface area contributed by atoms with Crippen molar-refractivity contribution in [3.8, 4) is 5.75 Å². The molecule has 1 aromatic rings. The van der Waals surface area contributed by atoms with Gasteiger partial charge in [0.25, 0.3) is 5.91 Å². The molecular formula is C20H26N2O3S. The van der Waals surface area contributed by atoms with Crippen molar-refractivity contribution in [2.24, 2.45) is 5.92 Å². The second kappa shape index (κ2) is 7.51. The third-order valence-electron chi connectivity index (χ3n) is 5.89. The van der Waals surface area contributed by atoms with Crippen LogP contribution in [0.2, 0.25) is 0 Å². The van der Waals surface area contributed by atoms with Gasteiger partial charge < -0.3 is 14.5 Å². The van der Waals surface area contributed by atoms with Crippen LogP contribution in [-0.4, -0.2) is 58.5 Å². The van der Waals surface area contributed by atoms with Gasteiger partial charge in [-0.2, -0.15) is 0 Å². The molecule has 6 heteroatoms. The SMILES string of the molecule is O=C(C1CCC1)N1CCC2(CC1)SCCN2C(=O)COc1ccccc1. The first-order chi connectivity index (χ1) is 12.7. The van der Waals surface area contributed by atoms with Crippen molar-refractivity contribution in [2.45, 2.75) is 37.0 Å². The summed E-state index contributed by atoms with van der Waals surface area (Å²) >= 11 is 1.88. The minimum absolute atomic E-state index is 0.0534. The lowest BCUT2D eigenvalue weighted by Crippen LogP contribution is -2.55. The average molecular weight is 375 g/mol. The Morgan fingerprint density at radius 3 is 2.50 bits per heavy atom. The molecule has 0 aromatic heterocycles. The van der Waals surface area contributed by atoms with E-state index in [-0.39, 0.29) is 23.3 Å². The van der Waals surface area contributed by atoms with Gasteiger partial charge in [0.15, 0.2) is 6.61 Å². The number of likely N-dealkylation sites (tertiary alicyclic amines) is 1. The first kappa shape index (κ1) is 17.7. The minimum atomic E-state index is -0.145. The Balaban J connectivity index is 1.34. The zero-order valence-electron chi connectivity index (χ0n) is 15.1. The standard InChI is InChI=1S/C20H26N2O3S/c23-18(15-25-17-7-2-1-3-8-17)22-13-14-26-20(22)9-11-21(12-10-20)19(24)16-5-4-6-16/h1-3,7-8,16H,4-6,9-15H2. The molecule has 1 saturated carbocycles. The first-order valence-electron chi connectivity index (χ1n) is 9.59. The molecule has 0 N–H and O–H groups in total. The van der Waals surface area contributed by atoms with E-state index in [9.17, 15) is 9.59 Å². The summed E-state index contributed by atoms with van der Waals surface area (Å²) in [5.41, 5.74) is 0. The summed E-state index contributed by atoms with van der Waals surface area (Å²) in [6, 6.07) is 9.47. The summed E-state index contributed by atoms with van der Waals surface area (Å²) in [7, 11) is 0. The number of nitrogens with zero attached hydrogens (tertiary/aromatic N) is 2. The topological polar surface area (TPSA) is 49.9 Å². The molecule has 0 bridgehead atoms. The maximum Gasteiger partial charge on any atom is 0.261 e. The van der Waals surface area contributed by atoms with Gasteiger partial charge in [0, 0.05) is 31.3 Å². The van der Waals surface area contributed by atoms with Gasteiger partial charge in [-0.25, -0.2) is 0 Å². The molecular weight excluding hydrogens is 348 g/mol. The van der Waals surface area contributed by atoms with Gasteiger partial charge in [0.2, 0.25) is 5.91 Å². The van der Waals surface area contributed by atoms with E-state index < -0.39 is 0 Å². The van der Waals surface area contributed by atoms with Gasteiger partial charge in [-0.1, -0.05) is 24.6 Å². The first-order valence-corrected chi connectivity index (χ1v) is 10.6. The van der Waals surface area contributed by atoms with Crippen LogP contribution in [0.1, 0.15) is 32.1 Å². The van der Waals surface area contributed by atoms with Crippen molar-refractivity contribution in [3.63, 3.8) is 0 Å². The second-order valence-electron chi connectivity index (χ2n) is 7.39. The number of carbonyl (C=O) groups excluding carboxylic acids is 2. The number of hydrogen-bond donors (Lipinski definition) is 0. The number of thioether (sulfide) groups is 1. The monoisotopic (exact) mass is 374 g/mol. The lowest BCUT2D eigenvalue weighted by molar-refractivity contribution is -0.142. The fraction of sp³-hybridized carbons (Fsp3) is 0.600. The molecule has 2 aliphatic heterocycles. The molecule has 2 saturated heterocycles. The number of benzene rings is 1. The van der Waals surface area contributed by atoms with Crippen molar-refractivity contribution < 1.29 is 14.3 Å². The molecule has 4 rings (SSSR count). The average Bonchev–Trinajstić information content (AvgIpc) is 3.03. The highest BCUT2D eigenvalue weighted by Gasteiger charge is 2.47. The van der Waals surface area contributed by atoms with Crippen LogP contribution in [0.4, 0.5) is 0 Å². The Morgan fingerprint density at radius 2 is 1.85 bits per heavy atom. The molecule has 1 spiro atoms. The van der Waals surface area contributed by atoms with E-state index in [2.05, 4.69) is 0 Å². The van der Waals surface area contributed by atoms with Gasteiger partial charge in [0.1, 0.15) is 5.75 Å². The summed E-state index contributed by atoms with van der Waals surface area (Å²) < 4.78 is 5.66. The fourth-order valence-electron chi connectivity index (χ4n) is 4.10. The highest BCUT2D eigenvalue weighted by Crippen LogP contribution is 2.44. The second-order valence-corrected chi connectivity index (χ2v) is 8.85. The van der Waals surface area contributed by atoms with E-state index in [0.717, 1.165) is 56.8 Å². The van der Waals surface area contributed by atoms with Gasteiger partial charge in [-0.05, 0) is 37.8 Å². The van der Waals surface area contributed by atoms with Crippen LogP contribution < -0.4 is 4.74 Å². The molecule has 0 radical (unpaired) electrons. The summed E-state index contributed by atoms with van der Waals surface area (Å²) in [6.45, 7) is 2.40. The van der Waals surface area contributed by atoms with Crippen molar-refractivity contribution in [2.75, 3.05) is 32.0 Å². The van der Waals surface area contributed by atoms with Gasteiger partial charge in [0.05, 0.1) is 4.87 Å². The molecule has 2 heterocycles. The van der Waals surface area contributed by atoms with Crippen LogP contribution >= 0.6 is 11.8 Å². The maximum atomic E-state index is 12.8. The molecule has 140 valence electrons. The number of rotatable bonds is 4. The van der Waals surface area contributed by atoms with E-state index in [1.54, 1.807) is 0 Å². The van der Waals surface area contributed by atoms with Crippen molar-refractivity contribution in [1.29, 1.82) is 0 Å².